The fourth-order valence-electron chi connectivity index (χ4n) is 10.0. The van der Waals surface area contributed by atoms with Crippen molar-refractivity contribution in [1.29, 1.82) is 0 Å². The number of nitrogens with one attached hydrogen (secondary N) is 2. The molecule has 2 aliphatic carbocycles. The maximum Gasteiger partial charge on any atom is 0.184 e. The van der Waals surface area contributed by atoms with E-state index in [-0.39, 0.29) is 24.3 Å². The summed E-state index contributed by atoms with van der Waals surface area (Å²) in [5.41, 5.74) is 2.60. The van der Waals surface area contributed by atoms with E-state index < -0.39 is 18.4 Å². The van der Waals surface area contributed by atoms with E-state index in [9.17, 15) is 10.2 Å². The third kappa shape index (κ3) is 15.0. The van der Waals surface area contributed by atoms with E-state index >= 15 is 0 Å². The molecule has 18 heteroatoms. The van der Waals surface area contributed by atoms with Gasteiger partial charge in [-0.05, 0) is 62.1 Å². The number of aliphatic hydroxyl groups excluding tert-OH is 2. The van der Waals surface area contributed by atoms with Crippen molar-refractivity contribution < 1.29 is 19.7 Å². The molecule has 0 unspecified atom stereocenters. The van der Waals surface area contributed by atoms with E-state index in [1.807, 2.05) is 72.7 Å². The third-order valence-electron chi connectivity index (χ3n) is 14.1. The van der Waals surface area contributed by atoms with Gasteiger partial charge in [0.05, 0.1) is 44.7 Å². The van der Waals surface area contributed by atoms with Gasteiger partial charge < -0.3 is 34.9 Å². The Labute approximate surface area is 453 Å². The average Bonchev–Trinajstić information content (AvgIpc) is 4.23. The SMILES string of the molecule is CCC[CH2][Sn]([CH2]CCC)([CH2]CCC)[c]1cncn1C.Cn1ccnc1-c1cc(Oc2ccc3nc(N[C@@H]4CCCC[C@H]4O)sc3c2)ccn1.O[C@@H]1CCCC[C@H]1Nc1nc2ccc(Oc3ccnc(Cl)c3)cc2s1. The minimum Gasteiger partial charge on any atom is -0.457 e. The largest absolute Gasteiger partial charge is 0.457 e. The molecule has 0 amide bonds. The van der Waals surface area contributed by atoms with Crippen LogP contribution >= 0.6 is 34.3 Å². The number of imidazole rings is 2. The first-order valence-corrected chi connectivity index (χ1v) is 36.1. The first-order valence-electron chi connectivity index (χ1n) is 26.6. The van der Waals surface area contributed by atoms with Crippen molar-refractivity contribution >= 4 is 87.1 Å². The van der Waals surface area contributed by atoms with Gasteiger partial charge in [0.15, 0.2) is 16.1 Å². The number of unbranched alkanes of at least 4 members (excludes halogenated alkanes) is 3. The van der Waals surface area contributed by atoms with Crippen LogP contribution in [0.4, 0.5) is 10.3 Å². The van der Waals surface area contributed by atoms with Crippen molar-refractivity contribution in [2.45, 2.75) is 148 Å². The second kappa shape index (κ2) is 27.3. The Hall–Kier alpha value is -4.85. The molecule has 0 aliphatic heterocycles. The van der Waals surface area contributed by atoms with Gasteiger partial charge in [0.2, 0.25) is 0 Å². The van der Waals surface area contributed by atoms with Crippen LogP contribution in [0.2, 0.25) is 18.5 Å². The van der Waals surface area contributed by atoms with Crippen molar-refractivity contribution in [3.8, 4) is 34.5 Å². The number of thiazole rings is 2. The number of hydrogen-bond acceptors (Lipinski definition) is 14. The molecule has 2 fully saturated rings. The van der Waals surface area contributed by atoms with Gasteiger partial charge in [0.25, 0.3) is 0 Å². The molecule has 0 radical (unpaired) electrons. The van der Waals surface area contributed by atoms with E-state index in [4.69, 9.17) is 21.1 Å². The molecule has 14 nitrogen and oxygen atoms in total. The Kier molecular flexibility index (Phi) is 20.4. The number of rotatable bonds is 19. The van der Waals surface area contributed by atoms with Crippen LogP contribution in [0.1, 0.15) is 111 Å². The minimum absolute atomic E-state index is 0.0800. The summed E-state index contributed by atoms with van der Waals surface area (Å²) in [6, 6.07) is 19.0. The maximum absolute atomic E-state index is 10.2. The summed E-state index contributed by atoms with van der Waals surface area (Å²) < 4.78 is 24.5. The first-order chi connectivity index (χ1) is 36.0. The van der Waals surface area contributed by atoms with Crippen LogP contribution < -0.4 is 23.8 Å². The number of aromatic nitrogens is 8. The van der Waals surface area contributed by atoms with Crippen molar-refractivity contribution in [2.24, 2.45) is 14.1 Å². The van der Waals surface area contributed by atoms with E-state index in [0.29, 0.717) is 16.7 Å². The molecule has 2 saturated carbocycles. The molecule has 2 aliphatic rings. The zero-order chi connectivity index (χ0) is 51.9. The number of fused-ring (bicyclic) bond motifs is 2. The van der Waals surface area contributed by atoms with Crippen LogP contribution in [0.15, 0.2) is 98.0 Å². The molecular formula is C56H73ClN10O4S2Sn. The van der Waals surface area contributed by atoms with Crippen LogP contribution in [-0.4, -0.2) is 91.9 Å². The first kappa shape index (κ1) is 55.4. The molecule has 394 valence electrons. The van der Waals surface area contributed by atoms with E-state index in [0.717, 1.165) is 105 Å². The fourth-order valence-corrected chi connectivity index (χ4v) is 28.6. The minimum atomic E-state index is -2.19. The molecule has 8 aromatic rings. The van der Waals surface area contributed by atoms with Crippen LogP contribution in [-0.2, 0) is 14.1 Å². The van der Waals surface area contributed by atoms with Gasteiger partial charge in [-0.2, -0.15) is 0 Å². The van der Waals surface area contributed by atoms with E-state index in [1.165, 1.54) is 51.8 Å². The van der Waals surface area contributed by atoms with Crippen LogP contribution in [0, 0.1) is 0 Å². The zero-order valence-corrected chi connectivity index (χ0v) is 48.8. The van der Waals surface area contributed by atoms with Gasteiger partial charge in [-0.3, -0.25) is 4.98 Å². The number of benzene rings is 2. The predicted molar refractivity (Wildman–Crippen MR) is 307 cm³/mol. The Morgan fingerprint density at radius 2 is 1.15 bits per heavy atom. The standard InChI is InChI=1S/C22H23N5O2S.C18H18ClN3O2S.C4H5N2.3C4H9.Sn/c1-27-11-10-24-21(27)18-12-15(8-9-23-18)29-14-6-7-17-20(13-14)30-22(26-17)25-16-4-2-3-5-19(16)28;19-17-10-12(7-8-20-17)24-11-5-6-14-16(9-11)25-18(22-14)21-13-3-1-2-4-15(13)23;1-6-3-2-5-4-6;3*1-3-4-2;/h6-13,16,19,28H,2-5H2,1H3,(H,25,26);5-10,13,15,23H,1-4H2,(H,21,22);2,4H,1H3;3*1,3-4H2,2H3;/t16-,19-;13-,15-;;;;;/m11...../s1. The molecule has 74 heavy (non-hydrogen) atoms. The van der Waals surface area contributed by atoms with Crippen molar-refractivity contribution in [3.63, 3.8) is 0 Å². The average molecular weight is 1170 g/mol. The van der Waals surface area contributed by atoms with Gasteiger partial charge in [-0.1, -0.05) is 60.0 Å². The van der Waals surface area contributed by atoms with Gasteiger partial charge in [-0.15, -0.1) is 0 Å². The van der Waals surface area contributed by atoms with Crippen molar-refractivity contribution in [1.82, 2.24) is 39.0 Å². The monoisotopic (exact) mass is 1170 g/mol. The molecule has 0 saturated heterocycles. The number of pyridine rings is 2. The Morgan fingerprint density at radius 3 is 1.62 bits per heavy atom. The van der Waals surface area contributed by atoms with Crippen molar-refractivity contribution in [2.75, 3.05) is 10.6 Å². The maximum atomic E-state index is 10.2. The second-order valence-corrected chi connectivity index (χ2v) is 35.2. The molecule has 2 aromatic carbocycles. The summed E-state index contributed by atoms with van der Waals surface area (Å²) in [7, 11) is 4.14. The third-order valence-corrected chi connectivity index (χ3v) is 31.9. The van der Waals surface area contributed by atoms with Crippen LogP contribution in [0.3, 0.4) is 0 Å². The Morgan fingerprint density at radius 1 is 0.635 bits per heavy atom. The molecule has 4 N–H and O–H groups in total. The van der Waals surface area contributed by atoms with Gasteiger partial charge in [0, 0.05) is 56.1 Å². The number of aryl methyl sites for hydroxylation is 2. The number of aliphatic hydroxyl groups is 2. The molecule has 0 spiro atoms. The van der Waals surface area contributed by atoms with Gasteiger partial charge in [-0.25, -0.2) is 19.9 Å². The Bertz CT molecular complexity index is 2980. The number of hydrogen-bond donors (Lipinski definition) is 4. The van der Waals surface area contributed by atoms with Gasteiger partial charge in [0.1, 0.15) is 33.8 Å². The number of nitrogens with zero attached hydrogens (tertiary/aromatic N) is 8. The quantitative estimate of drug-likeness (QED) is 0.0447. The number of anilines is 2. The topological polar surface area (TPSA) is 170 Å². The van der Waals surface area contributed by atoms with E-state index in [2.05, 4.69) is 79.1 Å². The summed E-state index contributed by atoms with van der Waals surface area (Å²) in [6.07, 6.45) is 27.1. The van der Waals surface area contributed by atoms with Gasteiger partial charge >= 0.3 is 124 Å². The molecule has 4 atom stereocenters. The second-order valence-electron chi connectivity index (χ2n) is 19.7. The van der Waals surface area contributed by atoms with Crippen LogP contribution in [0.25, 0.3) is 32.0 Å². The summed E-state index contributed by atoms with van der Waals surface area (Å²) in [4.78, 5) is 26.4. The zero-order valence-electron chi connectivity index (χ0n) is 43.6. The van der Waals surface area contributed by atoms with Crippen LogP contribution in [0.5, 0.6) is 23.0 Å². The summed E-state index contributed by atoms with van der Waals surface area (Å²) in [6.45, 7) is 7.00. The number of halogens is 1. The predicted octanol–water partition coefficient (Wildman–Crippen LogP) is 13.9. The summed E-state index contributed by atoms with van der Waals surface area (Å²) >= 11 is 6.84. The summed E-state index contributed by atoms with van der Waals surface area (Å²) in [5.74, 6) is 3.61. The smallest absolute Gasteiger partial charge is 0.184 e. The fraction of sp³-hybridized carbons (Fsp3) is 0.464. The van der Waals surface area contributed by atoms with Crippen molar-refractivity contribution in [3.05, 3.63) is 103 Å². The molecule has 6 aromatic heterocycles. The number of ether oxygens (including phenoxy) is 2. The summed E-state index contributed by atoms with van der Waals surface area (Å²) in [5, 5.41) is 29.2. The Balaban J connectivity index is 0.000000152. The normalized spacial score (nSPS) is 17.8. The van der Waals surface area contributed by atoms with E-state index in [1.54, 1.807) is 57.1 Å². The molecule has 6 heterocycles. The molecule has 0 bridgehead atoms. The molecule has 10 rings (SSSR count). The molecular weight excluding hydrogens is 1090 g/mol.